The van der Waals surface area contributed by atoms with Crippen LogP contribution in [-0.2, 0) is 19.5 Å². The Morgan fingerprint density at radius 1 is 1.17 bits per heavy atom. The van der Waals surface area contributed by atoms with Gasteiger partial charge < -0.3 is 13.9 Å². The first kappa shape index (κ1) is 16.2. The summed E-state index contributed by atoms with van der Waals surface area (Å²) >= 11 is 1.14. The Morgan fingerprint density at radius 2 is 1.88 bits per heavy atom. The van der Waals surface area contributed by atoms with Crippen molar-refractivity contribution in [1.82, 2.24) is 14.5 Å². The molecular formula is C14H17N3O5S2. The number of hydrogen-bond donors (Lipinski definition) is 0. The summed E-state index contributed by atoms with van der Waals surface area (Å²) in [6, 6.07) is 3.28. The van der Waals surface area contributed by atoms with Gasteiger partial charge in [-0.3, -0.25) is 0 Å². The Balaban J connectivity index is 1.52. The molecule has 10 heteroatoms. The second kappa shape index (κ2) is 5.88. The van der Waals surface area contributed by atoms with Crippen LogP contribution in [0.25, 0.3) is 10.8 Å². The van der Waals surface area contributed by atoms with E-state index in [1.807, 2.05) is 0 Å². The van der Waals surface area contributed by atoms with E-state index in [0.717, 1.165) is 11.3 Å². The third-order valence-corrected chi connectivity index (χ3v) is 7.65. The molecule has 0 amide bonds. The number of ether oxygens (including phenoxy) is 2. The maximum atomic E-state index is 12.8. The highest BCUT2D eigenvalue weighted by Crippen LogP contribution is 2.36. The van der Waals surface area contributed by atoms with Gasteiger partial charge >= 0.3 is 0 Å². The Kier molecular flexibility index (Phi) is 3.96. The van der Waals surface area contributed by atoms with Crippen molar-refractivity contribution in [3.05, 3.63) is 18.0 Å². The number of nitrogens with zero attached hydrogens (tertiary/aromatic N) is 3. The molecule has 1 spiro atoms. The number of aromatic nitrogens is 2. The highest BCUT2D eigenvalue weighted by Gasteiger charge is 2.43. The second-order valence-corrected chi connectivity index (χ2v) is 9.01. The quantitative estimate of drug-likeness (QED) is 0.809. The molecule has 8 nitrogen and oxygen atoms in total. The molecule has 4 heterocycles. The van der Waals surface area contributed by atoms with Crippen LogP contribution in [0.1, 0.15) is 18.7 Å². The minimum Gasteiger partial charge on any atom is -0.420 e. The summed E-state index contributed by atoms with van der Waals surface area (Å²) in [5, 5.41) is 7.69. The molecule has 4 rings (SSSR count). The van der Waals surface area contributed by atoms with Crippen LogP contribution in [0.3, 0.4) is 0 Å². The van der Waals surface area contributed by atoms with Crippen molar-refractivity contribution >= 4 is 21.4 Å². The van der Waals surface area contributed by atoms with Crippen molar-refractivity contribution in [3.63, 3.8) is 0 Å². The van der Waals surface area contributed by atoms with Crippen molar-refractivity contribution in [2.24, 2.45) is 0 Å². The minimum atomic E-state index is -3.54. The molecule has 2 aromatic heterocycles. The third-order valence-electron chi connectivity index (χ3n) is 4.21. The summed E-state index contributed by atoms with van der Waals surface area (Å²) in [6.45, 7) is 3.61. The van der Waals surface area contributed by atoms with Gasteiger partial charge in [0.2, 0.25) is 5.89 Å². The van der Waals surface area contributed by atoms with Gasteiger partial charge in [-0.2, -0.15) is 4.31 Å². The van der Waals surface area contributed by atoms with Gasteiger partial charge in [0.25, 0.3) is 15.9 Å². The number of rotatable bonds is 3. The molecule has 0 N–H and O–H groups in total. The lowest BCUT2D eigenvalue weighted by Gasteiger charge is -2.36. The van der Waals surface area contributed by atoms with Crippen molar-refractivity contribution < 1.29 is 22.3 Å². The molecule has 130 valence electrons. The highest BCUT2D eigenvalue weighted by molar-refractivity contribution is 7.91. The third kappa shape index (κ3) is 2.78. The van der Waals surface area contributed by atoms with E-state index < -0.39 is 15.8 Å². The topological polar surface area (TPSA) is 94.8 Å². The summed E-state index contributed by atoms with van der Waals surface area (Å²) < 4.78 is 44.1. The average Bonchev–Trinajstić information content (AvgIpc) is 3.28. The first-order chi connectivity index (χ1) is 11.5. The lowest BCUT2D eigenvalue weighted by atomic mass is 10.1. The number of sulfonamides is 1. The fourth-order valence-electron chi connectivity index (χ4n) is 2.95. The molecule has 0 saturated carbocycles. The molecule has 0 radical (unpaired) electrons. The molecule has 0 aliphatic carbocycles. The average molecular weight is 371 g/mol. The molecule has 2 aliphatic heterocycles. The lowest BCUT2D eigenvalue weighted by molar-refractivity contribution is -0.179. The first-order valence-electron chi connectivity index (χ1n) is 7.67. The minimum absolute atomic E-state index is 0.276. The summed E-state index contributed by atoms with van der Waals surface area (Å²) in [5.41, 5.74) is 0. The molecule has 2 saturated heterocycles. The van der Waals surface area contributed by atoms with Gasteiger partial charge in [0.15, 0.2) is 5.79 Å². The number of piperidine rings is 1. The predicted molar refractivity (Wildman–Crippen MR) is 85.0 cm³/mol. The summed E-state index contributed by atoms with van der Waals surface area (Å²) in [5.74, 6) is 0.193. The van der Waals surface area contributed by atoms with E-state index in [9.17, 15) is 8.42 Å². The van der Waals surface area contributed by atoms with Gasteiger partial charge in [-0.15, -0.1) is 21.5 Å². The maximum absolute atomic E-state index is 12.8. The highest BCUT2D eigenvalue weighted by atomic mass is 32.2. The second-order valence-electron chi connectivity index (χ2n) is 5.76. The fraction of sp³-hybridized carbons (Fsp3) is 0.571. The van der Waals surface area contributed by atoms with Crippen LogP contribution in [0.2, 0.25) is 0 Å². The molecule has 0 aromatic carbocycles. The summed E-state index contributed by atoms with van der Waals surface area (Å²) in [7, 11) is -3.54. The van der Waals surface area contributed by atoms with Crippen molar-refractivity contribution in [2.45, 2.75) is 29.8 Å². The van der Waals surface area contributed by atoms with Crippen LogP contribution in [0, 0.1) is 6.92 Å². The van der Waals surface area contributed by atoms with E-state index in [4.69, 9.17) is 13.9 Å². The standard InChI is InChI=1S/C14H17N3O5S2/c1-10-15-16-13(22-10)11-2-3-12(23-11)24(18,19)17-6-4-14(5-7-17)20-8-9-21-14/h2-3H,4-9H2,1H3. The van der Waals surface area contributed by atoms with Gasteiger partial charge in [-0.05, 0) is 12.1 Å². The van der Waals surface area contributed by atoms with Gasteiger partial charge in [-0.1, -0.05) is 0 Å². The number of hydrogen-bond acceptors (Lipinski definition) is 8. The summed E-state index contributed by atoms with van der Waals surface area (Å²) in [4.78, 5) is 0.644. The zero-order chi connectivity index (χ0) is 16.8. The molecule has 24 heavy (non-hydrogen) atoms. The zero-order valence-electron chi connectivity index (χ0n) is 13.1. The lowest BCUT2D eigenvalue weighted by Crippen LogP contribution is -2.47. The Hall–Kier alpha value is -1.33. The van der Waals surface area contributed by atoms with Crippen LogP contribution in [0.15, 0.2) is 20.8 Å². The number of aryl methyl sites for hydroxylation is 1. The van der Waals surface area contributed by atoms with Gasteiger partial charge in [0, 0.05) is 32.9 Å². The van der Waals surface area contributed by atoms with Crippen molar-refractivity contribution in [2.75, 3.05) is 26.3 Å². The predicted octanol–water partition coefficient (Wildman–Crippen LogP) is 1.63. The molecule has 2 aromatic rings. The Labute approximate surface area is 143 Å². The summed E-state index contributed by atoms with van der Waals surface area (Å²) in [6.07, 6.45) is 1.10. The van der Waals surface area contributed by atoms with E-state index in [2.05, 4.69) is 10.2 Å². The maximum Gasteiger partial charge on any atom is 0.257 e. The van der Waals surface area contributed by atoms with Gasteiger partial charge in [0.05, 0.1) is 18.1 Å². The van der Waals surface area contributed by atoms with Crippen LogP contribution in [-0.4, -0.2) is 55.0 Å². The van der Waals surface area contributed by atoms with Crippen LogP contribution in [0.5, 0.6) is 0 Å². The largest absolute Gasteiger partial charge is 0.420 e. The van der Waals surface area contributed by atoms with E-state index in [0.29, 0.717) is 55.8 Å². The normalized spacial score (nSPS) is 21.5. The van der Waals surface area contributed by atoms with Gasteiger partial charge in [0.1, 0.15) is 4.21 Å². The molecule has 0 unspecified atom stereocenters. The molecule has 0 atom stereocenters. The SMILES string of the molecule is Cc1nnc(-c2ccc(S(=O)(=O)N3CCC4(CC3)OCCO4)s2)o1. The van der Waals surface area contributed by atoms with Crippen molar-refractivity contribution in [3.8, 4) is 10.8 Å². The zero-order valence-corrected chi connectivity index (χ0v) is 14.7. The molecule has 0 bridgehead atoms. The van der Waals surface area contributed by atoms with E-state index in [1.54, 1.807) is 19.1 Å². The smallest absolute Gasteiger partial charge is 0.257 e. The molecular weight excluding hydrogens is 354 g/mol. The molecule has 2 aliphatic rings. The Bertz CT molecular complexity index is 828. The van der Waals surface area contributed by atoms with Crippen molar-refractivity contribution in [1.29, 1.82) is 0 Å². The molecule has 2 fully saturated rings. The van der Waals surface area contributed by atoms with Crippen LogP contribution in [0.4, 0.5) is 0 Å². The van der Waals surface area contributed by atoms with E-state index in [1.165, 1.54) is 4.31 Å². The van der Waals surface area contributed by atoms with Crippen LogP contribution < -0.4 is 0 Å². The van der Waals surface area contributed by atoms with E-state index in [-0.39, 0.29) is 4.21 Å². The van der Waals surface area contributed by atoms with E-state index >= 15 is 0 Å². The fourth-order valence-corrected chi connectivity index (χ4v) is 5.77. The Morgan fingerprint density at radius 3 is 2.50 bits per heavy atom. The number of thiophene rings is 1. The van der Waals surface area contributed by atoms with Crippen LogP contribution >= 0.6 is 11.3 Å². The van der Waals surface area contributed by atoms with Gasteiger partial charge in [-0.25, -0.2) is 8.42 Å². The monoisotopic (exact) mass is 371 g/mol. The first-order valence-corrected chi connectivity index (χ1v) is 9.93.